The maximum atomic E-state index is 13.0. The van der Waals surface area contributed by atoms with Crippen molar-refractivity contribution in [1.29, 1.82) is 0 Å². The summed E-state index contributed by atoms with van der Waals surface area (Å²) in [6, 6.07) is 1.73. The van der Waals surface area contributed by atoms with Crippen LogP contribution in [0.15, 0.2) is 21.6 Å². The molecule has 0 atom stereocenters. The molecule has 5 nitrogen and oxygen atoms in total. The van der Waals surface area contributed by atoms with E-state index in [1.54, 1.807) is 23.6 Å². The van der Waals surface area contributed by atoms with Crippen LogP contribution in [0.4, 0.5) is 5.82 Å². The Labute approximate surface area is 135 Å². The lowest BCUT2D eigenvalue weighted by molar-refractivity contribution is 0.261. The first-order valence-corrected chi connectivity index (χ1v) is 9.59. The second-order valence-corrected chi connectivity index (χ2v) is 8.03. The number of hydrogen-bond donors (Lipinski definition) is 1. The first kappa shape index (κ1) is 16.7. The molecule has 7 heteroatoms. The van der Waals surface area contributed by atoms with Crippen LogP contribution in [0.3, 0.4) is 0 Å². The van der Waals surface area contributed by atoms with E-state index in [-0.39, 0.29) is 10.9 Å². The van der Waals surface area contributed by atoms with E-state index in [4.69, 9.17) is 0 Å². The van der Waals surface area contributed by atoms with Crippen molar-refractivity contribution < 1.29 is 8.42 Å². The van der Waals surface area contributed by atoms with E-state index in [0.717, 1.165) is 25.7 Å². The maximum Gasteiger partial charge on any atom is 0.247 e. The van der Waals surface area contributed by atoms with Gasteiger partial charge in [-0.3, -0.25) is 0 Å². The number of halogens is 1. The van der Waals surface area contributed by atoms with E-state index in [9.17, 15) is 8.42 Å². The summed E-state index contributed by atoms with van der Waals surface area (Å²) in [6.45, 7) is 2.39. The normalized spacial score (nSPS) is 17.1. The van der Waals surface area contributed by atoms with Gasteiger partial charge < -0.3 is 5.32 Å². The number of aromatic nitrogens is 1. The number of hydrogen-bond acceptors (Lipinski definition) is 4. The van der Waals surface area contributed by atoms with Crippen molar-refractivity contribution in [1.82, 2.24) is 9.29 Å². The molecule has 2 rings (SSSR count). The standard InChI is InChI=1S/C14H22BrN3O2S/c1-3-18(12-7-5-4-6-8-12)21(19,20)13-9-11(15)10-17-14(13)16-2/h9-10,12H,3-8H2,1-2H3,(H,16,17). The lowest BCUT2D eigenvalue weighted by Gasteiger charge is -2.32. The molecule has 0 spiro atoms. The van der Waals surface area contributed by atoms with Gasteiger partial charge in [-0.25, -0.2) is 13.4 Å². The van der Waals surface area contributed by atoms with Gasteiger partial charge >= 0.3 is 0 Å². The van der Waals surface area contributed by atoms with Gasteiger partial charge in [-0.05, 0) is 34.8 Å². The minimum atomic E-state index is -3.54. The highest BCUT2D eigenvalue weighted by molar-refractivity contribution is 9.10. The highest BCUT2D eigenvalue weighted by Gasteiger charge is 2.33. The molecule has 0 aromatic carbocycles. The average Bonchev–Trinajstić information content (AvgIpc) is 2.49. The third-order valence-corrected chi connectivity index (χ3v) is 6.41. The monoisotopic (exact) mass is 375 g/mol. The number of sulfonamides is 1. The van der Waals surface area contributed by atoms with Gasteiger partial charge in [-0.1, -0.05) is 26.2 Å². The van der Waals surface area contributed by atoms with Crippen molar-refractivity contribution in [3.05, 3.63) is 16.7 Å². The molecule has 1 aliphatic carbocycles. The van der Waals surface area contributed by atoms with Crippen LogP contribution in [-0.2, 0) is 10.0 Å². The SMILES string of the molecule is CCN(C1CCCCC1)S(=O)(=O)c1cc(Br)cnc1NC. The molecule has 0 saturated heterocycles. The molecule has 1 N–H and O–H groups in total. The van der Waals surface area contributed by atoms with E-state index in [2.05, 4.69) is 26.2 Å². The summed E-state index contributed by atoms with van der Waals surface area (Å²) >= 11 is 3.31. The molecule has 0 radical (unpaired) electrons. The molecule has 1 saturated carbocycles. The van der Waals surface area contributed by atoms with Crippen molar-refractivity contribution in [3.63, 3.8) is 0 Å². The first-order valence-electron chi connectivity index (χ1n) is 7.35. The van der Waals surface area contributed by atoms with Crippen LogP contribution in [0.2, 0.25) is 0 Å². The highest BCUT2D eigenvalue weighted by atomic mass is 79.9. The van der Waals surface area contributed by atoms with Crippen molar-refractivity contribution in [3.8, 4) is 0 Å². The number of nitrogens with one attached hydrogen (secondary N) is 1. The van der Waals surface area contributed by atoms with Crippen LogP contribution in [-0.4, -0.2) is 37.3 Å². The maximum absolute atomic E-state index is 13.0. The van der Waals surface area contributed by atoms with Crippen LogP contribution >= 0.6 is 15.9 Å². The van der Waals surface area contributed by atoms with Crippen LogP contribution in [0.5, 0.6) is 0 Å². The summed E-state index contributed by atoms with van der Waals surface area (Å²) in [6.07, 6.45) is 6.90. The van der Waals surface area contributed by atoms with Gasteiger partial charge in [0.25, 0.3) is 0 Å². The van der Waals surface area contributed by atoms with Crippen LogP contribution in [0, 0.1) is 0 Å². The Hall–Kier alpha value is -0.660. The Morgan fingerprint density at radius 3 is 2.62 bits per heavy atom. The topological polar surface area (TPSA) is 62.3 Å². The molecule has 0 aliphatic heterocycles. The molecule has 1 aliphatic rings. The third kappa shape index (κ3) is 3.57. The van der Waals surface area contributed by atoms with Gasteiger partial charge in [-0.2, -0.15) is 4.31 Å². The van der Waals surface area contributed by atoms with Crippen LogP contribution < -0.4 is 5.32 Å². The van der Waals surface area contributed by atoms with E-state index >= 15 is 0 Å². The minimum absolute atomic E-state index is 0.109. The highest BCUT2D eigenvalue weighted by Crippen LogP contribution is 2.31. The molecule has 1 aromatic rings. The second kappa shape index (κ2) is 7.07. The minimum Gasteiger partial charge on any atom is -0.372 e. The molecule has 0 bridgehead atoms. The van der Waals surface area contributed by atoms with Crippen LogP contribution in [0.25, 0.3) is 0 Å². The summed E-state index contributed by atoms with van der Waals surface area (Å²) in [4.78, 5) is 4.40. The number of anilines is 1. The summed E-state index contributed by atoms with van der Waals surface area (Å²) in [5, 5.41) is 2.87. The Morgan fingerprint density at radius 2 is 2.05 bits per heavy atom. The molecule has 1 fully saturated rings. The number of nitrogens with zero attached hydrogens (tertiary/aromatic N) is 2. The third-order valence-electron chi connectivity index (χ3n) is 3.94. The quantitative estimate of drug-likeness (QED) is 0.857. The van der Waals surface area contributed by atoms with Gasteiger partial charge in [0.15, 0.2) is 0 Å². The molecular weight excluding hydrogens is 354 g/mol. The zero-order valence-corrected chi connectivity index (χ0v) is 14.9. The molecule has 0 unspecified atom stereocenters. The van der Waals surface area contributed by atoms with Crippen molar-refractivity contribution in [2.45, 2.75) is 50.0 Å². The lowest BCUT2D eigenvalue weighted by atomic mass is 9.95. The molecule has 1 aromatic heterocycles. The van der Waals surface area contributed by atoms with Crippen molar-refractivity contribution in [2.24, 2.45) is 0 Å². The Morgan fingerprint density at radius 1 is 1.38 bits per heavy atom. The average molecular weight is 376 g/mol. The largest absolute Gasteiger partial charge is 0.372 e. The predicted octanol–water partition coefficient (Wildman–Crippen LogP) is 3.23. The first-order chi connectivity index (χ1) is 10.0. The zero-order valence-electron chi connectivity index (χ0n) is 12.5. The van der Waals surface area contributed by atoms with E-state index in [0.29, 0.717) is 16.8 Å². The van der Waals surface area contributed by atoms with E-state index in [1.165, 1.54) is 6.42 Å². The van der Waals surface area contributed by atoms with Gasteiger partial charge in [0.2, 0.25) is 10.0 Å². The Balaban J connectivity index is 2.41. The molecule has 0 amide bonds. The summed E-state index contributed by atoms with van der Waals surface area (Å²) in [5.74, 6) is 0.396. The fourth-order valence-corrected chi connectivity index (χ4v) is 5.28. The molecule has 21 heavy (non-hydrogen) atoms. The van der Waals surface area contributed by atoms with Crippen molar-refractivity contribution in [2.75, 3.05) is 18.9 Å². The fraction of sp³-hybridized carbons (Fsp3) is 0.643. The van der Waals surface area contributed by atoms with Gasteiger partial charge in [0, 0.05) is 30.3 Å². The molecule has 1 heterocycles. The second-order valence-electron chi connectivity index (χ2n) is 5.25. The molecular formula is C14H22BrN3O2S. The van der Waals surface area contributed by atoms with Crippen LogP contribution in [0.1, 0.15) is 39.0 Å². The summed E-state index contributed by atoms with van der Waals surface area (Å²) in [5.41, 5.74) is 0. The Bertz CT molecular complexity index is 586. The number of pyridine rings is 1. The van der Waals surface area contributed by atoms with Gasteiger partial charge in [0.05, 0.1) is 0 Å². The predicted molar refractivity (Wildman–Crippen MR) is 87.9 cm³/mol. The van der Waals surface area contributed by atoms with Gasteiger partial charge in [-0.15, -0.1) is 0 Å². The van der Waals surface area contributed by atoms with E-state index < -0.39 is 10.0 Å². The smallest absolute Gasteiger partial charge is 0.247 e. The Kier molecular flexibility index (Phi) is 5.62. The van der Waals surface area contributed by atoms with Crippen molar-refractivity contribution >= 4 is 31.8 Å². The zero-order chi connectivity index (χ0) is 15.5. The molecule has 118 valence electrons. The van der Waals surface area contributed by atoms with E-state index in [1.807, 2.05) is 6.92 Å². The number of rotatable bonds is 5. The fourth-order valence-electron chi connectivity index (χ4n) is 2.92. The lowest BCUT2D eigenvalue weighted by Crippen LogP contribution is -2.41. The summed E-state index contributed by atoms with van der Waals surface area (Å²) < 4.78 is 28.3. The summed E-state index contributed by atoms with van der Waals surface area (Å²) in [7, 11) is -1.85. The van der Waals surface area contributed by atoms with Gasteiger partial charge in [0.1, 0.15) is 10.7 Å².